The highest BCUT2D eigenvalue weighted by Gasteiger charge is 2.20. The van der Waals surface area contributed by atoms with Crippen LogP contribution in [0, 0.1) is 0 Å². The highest BCUT2D eigenvalue weighted by Crippen LogP contribution is 2.22. The molecule has 3 N–H and O–H groups in total. The van der Waals surface area contributed by atoms with Gasteiger partial charge in [0.2, 0.25) is 0 Å². The number of hydrogen-bond donors (Lipinski definition) is 2. The Balaban J connectivity index is 2.96. The second-order valence-corrected chi connectivity index (χ2v) is 2.68. The summed E-state index contributed by atoms with van der Waals surface area (Å²) in [4.78, 5) is 0. The number of nitrogens with two attached hydrogens (primary N) is 1. The van der Waals surface area contributed by atoms with Gasteiger partial charge in [-0.3, -0.25) is 5.10 Å². The molecule has 0 unspecified atom stereocenters. The molecular weight excluding hydrogens is 133 g/mol. The largest absolute Gasteiger partial charge is 0.382 e. The summed E-state index contributed by atoms with van der Waals surface area (Å²) in [5.41, 5.74) is 4.29. The molecule has 10 heavy (non-hydrogen) atoms. The predicted molar refractivity (Wildman–Crippen MR) is 37.1 cm³/mol. The van der Waals surface area contributed by atoms with E-state index in [9.17, 15) is 4.39 Å². The van der Waals surface area contributed by atoms with Crippen LogP contribution in [0.3, 0.4) is 0 Å². The third-order valence-electron chi connectivity index (χ3n) is 1.24. The number of anilines is 1. The summed E-state index contributed by atoms with van der Waals surface area (Å²) in [6, 6.07) is 1.49. The Bertz CT molecular complexity index is 223. The lowest BCUT2D eigenvalue weighted by molar-refractivity contribution is 0.214. The Labute approximate surface area is 58.4 Å². The monoisotopic (exact) mass is 143 g/mol. The minimum atomic E-state index is -1.38. The fraction of sp³-hybridized carbons (Fsp3) is 0.500. The molecule has 0 saturated heterocycles. The Morgan fingerprint density at radius 1 is 1.70 bits per heavy atom. The number of nitrogens with one attached hydrogen (secondary N) is 1. The van der Waals surface area contributed by atoms with Crippen molar-refractivity contribution < 1.29 is 4.39 Å². The molecule has 1 aromatic heterocycles. The van der Waals surface area contributed by atoms with Gasteiger partial charge in [-0.2, -0.15) is 5.10 Å². The Morgan fingerprint density at radius 2 is 2.30 bits per heavy atom. The van der Waals surface area contributed by atoms with E-state index in [2.05, 4.69) is 10.2 Å². The zero-order chi connectivity index (χ0) is 7.78. The molecular formula is C6H10FN3. The van der Waals surface area contributed by atoms with Crippen molar-refractivity contribution in [2.24, 2.45) is 0 Å². The van der Waals surface area contributed by atoms with E-state index in [0.717, 1.165) is 0 Å². The third kappa shape index (κ3) is 1.26. The number of aromatic nitrogens is 2. The van der Waals surface area contributed by atoms with Crippen molar-refractivity contribution in [2.75, 3.05) is 5.73 Å². The van der Waals surface area contributed by atoms with Gasteiger partial charge in [-0.15, -0.1) is 0 Å². The molecule has 0 saturated carbocycles. The maximum Gasteiger partial charge on any atom is 0.146 e. The van der Waals surface area contributed by atoms with E-state index in [1.807, 2.05) is 0 Å². The summed E-state index contributed by atoms with van der Waals surface area (Å²) in [6.07, 6.45) is 0. The van der Waals surface area contributed by atoms with Crippen molar-refractivity contribution in [1.82, 2.24) is 10.2 Å². The predicted octanol–water partition coefficient (Wildman–Crippen LogP) is 1.20. The lowest BCUT2D eigenvalue weighted by atomic mass is 10.1. The number of halogens is 1. The summed E-state index contributed by atoms with van der Waals surface area (Å²) in [5, 5.41) is 6.09. The van der Waals surface area contributed by atoms with Crippen LogP contribution in [0.15, 0.2) is 6.07 Å². The molecule has 1 aromatic rings. The molecule has 1 rings (SSSR count). The molecule has 1 heterocycles. The molecule has 0 aromatic carbocycles. The van der Waals surface area contributed by atoms with Gasteiger partial charge in [-0.25, -0.2) is 4.39 Å². The van der Waals surface area contributed by atoms with Crippen molar-refractivity contribution in [1.29, 1.82) is 0 Å². The van der Waals surface area contributed by atoms with E-state index in [1.165, 1.54) is 19.9 Å². The fourth-order valence-corrected chi connectivity index (χ4v) is 0.642. The molecule has 4 heteroatoms. The van der Waals surface area contributed by atoms with Gasteiger partial charge in [0.05, 0.1) is 5.69 Å². The van der Waals surface area contributed by atoms with Crippen molar-refractivity contribution in [3.8, 4) is 0 Å². The number of hydrogen-bond acceptors (Lipinski definition) is 2. The quantitative estimate of drug-likeness (QED) is 0.620. The summed E-state index contributed by atoms with van der Waals surface area (Å²) < 4.78 is 13.0. The van der Waals surface area contributed by atoms with Crippen LogP contribution in [0.1, 0.15) is 19.5 Å². The zero-order valence-corrected chi connectivity index (χ0v) is 5.98. The summed E-state index contributed by atoms with van der Waals surface area (Å²) in [6.45, 7) is 2.89. The molecule has 0 atom stereocenters. The zero-order valence-electron chi connectivity index (χ0n) is 5.98. The molecule has 0 amide bonds. The first-order valence-corrected chi connectivity index (χ1v) is 3.00. The van der Waals surface area contributed by atoms with Crippen LogP contribution < -0.4 is 5.73 Å². The maximum absolute atomic E-state index is 13.0. The lowest BCUT2D eigenvalue weighted by Gasteiger charge is -2.09. The van der Waals surface area contributed by atoms with Gasteiger partial charge >= 0.3 is 0 Å². The standard InChI is InChI=1S/C6H10FN3/c1-6(2,7)4-3-5(8)10-9-4/h3H,1-2H3,(H3,8,9,10). The van der Waals surface area contributed by atoms with Crippen LogP contribution in [-0.2, 0) is 5.67 Å². The number of rotatable bonds is 1. The number of nitrogens with zero attached hydrogens (tertiary/aromatic N) is 1. The van der Waals surface area contributed by atoms with E-state index in [1.54, 1.807) is 0 Å². The molecule has 0 aliphatic carbocycles. The molecule has 0 bridgehead atoms. The van der Waals surface area contributed by atoms with E-state index < -0.39 is 5.67 Å². The first-order valence-electron chi connectivity index (χ1n) is 3.00. The fourth-order valence-electron chi connectivity index (χ4n) is 0.642. The van der Waals surface area contributed by atoms with Crippen LogP contribution in [0.25, 0.3) is 0 Å². The Morgan fingerprint density at radius 3 is 2.50 bits per heavy atom. The number of alkyl halides is 1. The van der Waals surface area contributed by atoms with Crippen LogP contribution in [0.5, 0.6) is 0 Å². The van der Waals surface area contributed by atoms with Crippen LogP contribution in [0.4, 0.5) is 10.2 Å². The van der Waals surface area contributed by atoms with Crippen LogP contribution in [0.2, 0.25) is 0 Å². The van der Waals surface area contributed by atoms with E-state index in [0.29, 0.717) is 11.5 Å². The smallest absolute Gasteiger partial charge is 0.146 e. The average molecular weight is 143 g/mol. The molecule has 0 fully saturated rings. The summed E-state index contributed by atoms with van der Waals surface area (Å²) in [7, 11) is 0. The van der Waals surface area contributed by atoms with E-state index >= 15 is 0 Å². The molecule has 0 aliphatic heterocycles. The third-order valence-corrected chi connectivity index (χ3v) is 1.24. The number of H-pyrrole nitrogens is 1. The van der Waals surface area contributed by atoms with Gasteiger partial charge in [-0.1, -0.05) is 0 Å². The van der Waals surface area contributed by atoms with Crippen molar-refractivity contribution in [2.45, 2.75) is 19.5 Å². The normalized spacial score (nSPS) is 11.9. The average Bonchev–Trinajstić information content (AvgIpc) is 2.11. The minimum absolute atomic E-state index is 0.320. The van der Waals surface area contributed by atoms with Crippen molar-refractivity contribution in [3.05, 3.63) is 11.8 Å². The first kappa shape index (κ1) is 7.05. The van der Waals surface area contributed by atoms with E-state index in [-0.39, 0.29) is 0 Å². The highest BCUT2D eigenvalue weighted by atomic mass is 19.1. The number of aromatic amines is 1. The second kappa shape index (κ2) is 1.97. The van der Waals surface area contributed by atoms with Crippen molar-refractivity contribution in [3.63, 3.8) is 0 Å². The van der Waals surface area contributed by atoms with Crippen LogP contribution in [-0.4, -0.2) is 10.2 Å². The van der Waals surface area contributed by atoms with Gasteiger partial charge < -0.3 is 5.73 Å². The molecule has 56 valence electrons. The first-order chi connectivity index (χ1) is 4.50. The SMILES string of the molecule is CC(C)(F)c1cc(N)n[nH]1. The van der Waals surface area contributed by atoms with Crippen molar-refractivity contribution >= 4 is 5.82 Å². The van der Waals surface area contributed by atoms with Crippen LogP contribution >= 0.6 is 0 Å². The van der Waals surface area contributed by atoms with Gasteiger partial charge in [0.25, 0.3) is 0 Å². The van der Waals surface area contributed by atoms with Gasteiger partial charge in [0.15, 0.2) is 0 Å². The van der Waals surface area contributed by atoms with Gasteiger partial charge in [-0.05, 0) is 13.8 Å². The Kier molecular flexibility index (Phi) is 1.39. The summed E-state index contributed by atoms with van der Waals surface area (Å²) >= 11 is 0. The van der Waals surface area contributed by atoms with Gasteiger partial charge in [0.1, 0.15) is 11.5 Å². The van der Waals surface area contributed by atoms with E-state index in [4.69, 9.17) is 5.73 Å². The molecule has 0 aliphatic rings. The topological polar surface area (TPSA) is 54.7 Å². The summed E-state index contributed by atoms with van der Waals surface area (Å²) in [5.74, 6) is 0.320. The number of nitrogen functional groups attached to an aromatic ring is 1. The lowest BCUT2D eigenvalue weighted by Crippen LogP contribution is -2.09. The Hall–Kier alpha value is -1.06. The second-order valence-electron chi connectivity index (χ2n) is 2.68. The highest BCUT2D eigenvalue weighted by molar-refractivity contribution is 5.30. The molecule has 0 spiro atoms. The van der Waals surface area contributed by atoms with Gasteiger partial charge in [0, 0.05) is 6.07 Å². The maximum atomic E-state index is 13.0. The minimum Gasteiger partial charge on any atom is -0.382 e. The molecule has 3 nitrogen and oxygen atoms in total. The molecule has 0 radical (unpaired) electrons.